The van der Waals surface area contributed by atoms with Gasteiger partial charge in [-0.05, 0) is 6.92 Å². The van der Waals surface area contributed by atoms with Gasteiger partial charge in [-0.15, -0.1) is 0 Å². The molecule has 1 aromatic rings. The zero-order valence-corrected chi connectivity index (χ0v) is 11.1. The van der Waals surface area contributed by atoms with Crippen molar-refractivity contribution >= 4 is 12.4 Å². The Kier molecular flexibility index (Phi) is 2.94. The highest BCUT2D eigenvalue weighted by Gasteiger charge is 2.60. The lowest BCUT2D eigenvalue weighted by atomic mass is 9.80. The summed E-state index contributed by atoms with van der Waals surface area (Å²) in [4.78, 5) is 48.2. The molecule has 9 nitrogen and oxygen atoms in total. The van der Waals surface area contributed by atoms with Crippen LogP contribution in [-0.2, 0) is 14.3 Å². The Labute approximate surface area is 117 Å². The third kappa shape index (κ3) is 1.88. The van der Waals surface area contributed by atoms with Crippen LogP contribution in [0.5, 0.6) is 0 Å². The summed E-state index contributed by atoms with van der Waals surface area (Å²) >= 11 is 0. The summed E-state index contributed by atoms with van der Waals surface area (Å²) in [5.41, 5.74) is -2.47. The van der Waals surface area contributed by atoms with Crippen LogP contribution in [0.15, 0.2) is 21.9 Å². The van der Waals surface area contributed by atoms with E-state index in [2.05, 4.69) is 10.3 Å². The lowest BCUT2D eigenvalue weighted by molar-refractivity contribution is -0.129. The van der Waals surface area contributed by atoms with Crippen molar-refractivity contribution in [2.75, 3.05) is 6.54 Å². The van der Waals surface area contributed by atoms with E-state index in [-0.39, 0.29) is 6.54 Å². The molecule has 1 amide bonds. The number of alkyl carbamates (subject to hydrolysis) is 1. The Morgan fingerprint density at radius 3 is 2.86 bits per heavy atom. The summed E-state index contributed by atoms with van der Waals surface area (Å²) in [7, 11) is 0. The van der Waals surface area contributed by atoms with Crippen LogP contribution >= 0.6 is 0 Å². The number of H-pyrrole nitrogens is 1. The summed E-state index contributed by atoms with van der Waals surface area (Å²) in [6.07, 6.45) is -1.09. The molecular weight excluding hydrogens is 282 g/mol. The lowest BCUT2D eigenvalue weighted by Gasteiger charge is -2.37. The lowest BCUT2D eigenvalue weighted by Crippen LogP contribution is -2.57. The zero-order valence-electron chi connectivity index (χ0n) is 11.1. The first kappa shape index (κ1) is 13.6. The SMILES string of the molecule is CC1OC(n2ccc(=O)[nH]c2=O)C2(C=O)CNC(=O)OC12. The van der Waals surface area contributed by atoms with Crippen molar-refractivity contribution in [2.24, 2.45) is 5.41 Å². The topological polar surface area (TPSA) is 119 Å². The molecule has 0 saturated carbocycles. The van der Waals surface area contributed by atoms with Crippen molar-refractivity contribution in [2.45, 2.75) is 25.4 Å². The molecule has 112 valence electrons. The monoisotopic (exact) mass is 295 g/mol. The Hall–Kier alpha value is -2.42. The normalized spacial score (nSPS) is 34.7. The number of amides is 1. The minimum absolute atomic E-state index is 0.0133. The van der Waals surface area contributed by atoms with Gasteiger partial charge in [0.2, 0.25) is 0 Å². The second-order valence-electron chi connectivity index (χ2n) is 5.12. The smallest absolute Gasteiger partial charge is 0.407 e. The summed E-state index contributed by atoms with van der Waals surface area (Å²) in [5, 5.41) is 2.44. The first-order chi connectivity index (χ1) is 9.98. The maximum Gasteiger partial charge on any atom is 0.407 e. The van der Waals surface area contributed by atoms with Gasteiger partial charge in [0.05, 0.1) is 6.10 Å². The first-order valence-electron chi connectivity index (χ1n) is 6.36. The zero-order chi connectivity index (χ0) is 15.2. The summed E-state index contributed by atoms with van der Waals surface area (Å²) in [6.45, 7) is 1.64. The number of aromatic amines is 1. The van der Waals surface area contributed by atoms with Gasteiger partial charge in [0.15, 0.2) is 6.23 Å². The molecule has 1 aromatic heterocycles. The van der Waals surface area contributed by atoms with Gasteiger partial charge in [0.25, 0.3) is 5.56 Å². The number of aldehydes is 1. The van der Waals surface area contributed by atoms with Crippen molar-refractivity contribution < 1.29 is 19.1 Å². The molecule has 4 unspecified atom stereocenters. The molecule has 3 rings (SSSR count). The Morgan fingerprint density at radius 2 is 2.19 bits per heavy atom. The highest BCUT2D eigenvalue weighted by atomic mass is 16.6. The van der Waals surface area contributed by atoms with Crippen LogP contribution in [0.25, 0.3) is 0 Å². The van der Waals surface area contributed by atoms with Crippen LogP contribution in [0.4, 0.5) is 4.79 Å². The Morgan fingerprint density at radius 1 is 1.43 bits per heavy atom. The largest absolute Gasteiger partial charge is 0.442 e. The van der Waals surface area contributed by atoms with E-state index in [0.717, 1.165) is 10.6 Å². The summed E-state index contributed by atoms with van der Waals surface area (Å²) in [5.74, 6) is 0. The van der Waals surface area contributed by atoms with E-state index < -0.39 is 41.2 Å². The van der Waals surface area contributed by atoms with Gasteiger partial charge in [-0.25, -0.2) is 9.59 Å². The number of nitrogens with zero attached hydrogens (tertiary/aromatic N) is 1. The molecule has 2 fully saturated rings. The van der Waals surface area contributed by atoms with E-state index in [1.54, 1.807) is 6.92 Å². The van der Waals surface area contributed by atoms with Crippen LogP contribution < -0.4 is 16.6 Å². The van der Waals surface area contributed by atoms with E-state index in [0.29, 0.717) is 6.29 Å². The van der Waals surface area contributed by atoms with Gasteiger partial charge in [0, 0.05) is 18.8 Å². The van der Waals surface area contributed by atoms with E-state index in [1.807, 2.05) is 0 Å². The number of carbonyl (C=O) groups excluding carboxylic acids is 2. The van der Waals surface area contributed by atoms with Crippen LogP contribution in [0, 0.1) is 5.41 Å². The number of rotatable bonds is 2. The number of aromatic nitrogens is 2. The molecule has 2 N–H and O–H groups in total. The number of hydrogen-bond donors (Lipinski definition) is 2. The molecule has 0 bridgehead atoms. The van der Waals surface area contributed by atoms with Gasteiger partial charge in [-0.1, -0.05) is 0 Å². The minimum Gasteiger partial charge on any atom is -0.442 e. The van der Waals surface area contributed by atoms with Crippen molar-refractivity contribution in [3.05, 3.63) is 33.1 Å². The predicted molar refractivity (Wildman–Crippen MR) is 67.7 cm³/mol. The molecule has 0 radical (unpaired) electrons. The molecule has 2 aliphatic rings. The quantitative estimate of drug-likeness (QED) is 0.658. The second kappa shape index (κ2) is 4.55. The molecular formula is C12H13N3O6. The number of ether oxygens (including phenoxy) is 2. The molecule has 0 aliphatic carbocycles. The van der Waals surface area contributed by atoms with Gasteiger partial charge < -0.3 is 19.6 Å². The third-order valence-electron chi connectivity index (χ3n) is 3.86. The Bertz CT molecular complexity index is 709. The standard InChI is InChI=1S/C12H13N3O6/c1-6-8-12(5-16,4-13-11(19)21-8)9(20-6)15-3-2-7(17)14-10(15)18/h2-3,5-6,8-9H,4H2,1H3,(H,13,19)(H,14,17,18). The van der Waals surface area contributed by atoms with E-state index in [1.165, 1.54) is 6.20 Å². The Balaban J connectivity index is 2.10. The van der Waals surface area contributed by atoms with Crippen LogP contribution in [-0.4, -0.2) is 40.7 Å². The van der Waals surface area contributed by atoms with Gasteiger partial charge in [0.1, 0.15) is 17.8 Å². The highest BCUT2D eigenvalue weighted by Crippen LogP contribution is 2.46. The second-order valence-corrected chi connectivity index (χ2v) is 5.12. The van der Waals surface area contributed by atoms with Crippen LogP contribution in [0.3, 0.4) is 0 Å². The minimum atomic E-state index is -1.23. The van der Waals surface area contributed by atoms with Gasteiger partial charge in [-0.2, -0.15) is 0 Å². The third-order valence-corrected chi connectivity index (χ3v) is 3.86. The van der Waals surface area contributed by atoms with Crippen molar-refractivity contribution in [1.82, 2.24) is 14.9 Å². The summed E-state index contributed by atoms with van der Waals surface area (Å²) in [6, 6.07) is 1.16. The number of hydrogen-bond acceptors (Lipinski definition) is 6. The molecule has 3 heterocycles. The average molecular weight is 295 g/mol. The maximum atomic E-state index is 11.9. The van der Waals surface area contributed by atoms with E-state index in [9.17, 15) is 19.2 Å². The molecule has 2 aliphatic heterocycles. The molecule has 4 atom stereocenters. The molecule has 9 heteroatoms. The van der Waals surface area contributed by atoms with Crippen molar-refractivity contribution in [1.29, 1.82) is 0 Å². The highest BCUT2D eigenvalue weighted by molar-refractivity contribution is 5.73. The van der Waals surface area contributed by atoms with E-state index >= 15 is 0 Å². The molecule has 0 aromatic carbocycles. The van der Waals surface area contributed by atoms with Crippen LogP contribution in [0.2, 0.25) is 0 Å². The van der Waals surface area contributed by atoms with Crippen molar-refractivity contribution in [3.8, 4) is 0 Å². The molecule has 2 saturated heterocycles. The van der Waals surface area contributed by atoms with Crippen LogP contribution in [0.1, 0.15) is 13.2 Å². The number of fused-ring (bicyclic) bond motifs is 1. The maximum absolute atomic E-state index is 11.9. The van der Waals surface area contributed by atoms with Gasteiger partial charge >= 0.3 is 11.8 Å². The molecule has 0 spiro atoms. The fourth-order valence-corrected chi connectivity index (χ4v) is 2.86. The predicted octanol–water partition coefficient (Wildman–Crippen LogP) is -1.25. The number of carbonyl (C=O) groups is 2. The molecule has 21 heavy (non-hydrogen) atoms. The van der Waals surface area contributed by atoms with Gasteiger partial charge in [-0.3, -0.25) is 14.3 Å². The fraction of sp³-hybridized carbons (Fsp3) is 0.500. The van der Waals surface area contributed by atoms with Crippen molar-refractivity contribution in [3.63, 3.8) is 0 Å². The number of nitrogens with one attached hydrogen (secondary N) is 2. The fourth-order valence-electron chi connectivity index (χ4n) is 2.86. The average Bonchev–Trinajstić information content (AvgIpc) is 2.73. The summed E-state index contributed by atoms with van der Waals surface area (Å²) < 4.78 is 11.9. The first-order valence-corrected chi connectivity index (χ1v) is 6.36. The van der Waals surface area contributed by atoms with E-state index in [4.69, 9.17) is 9.47 Å².